The van der Waals surface area contributed by atoms with E-state index < -0.39 is 6.03 Å². The van der Waals surface area contributed by atoms with E-state index in [1.807, 2.05) is 12.1 Å². The SMILES string of the molecule is N#Cc1ccc(-c2ccccc2C(=O)NCCNC(=O)NC(=O)C2CC2)cc1. The number of carbonyl (C=O) groups excluding carboxylic acids is 3. The van der Waals surface area contributed by atoms with Crippen molar-refractivity contribution >= 4 is 17.8 Å². The molecule has 7 heteroatoms. The molecule has 1 aliphatic rings. The Morgan fingerprint density at radius 2 is 1.64 bits per heavy atom. The maximum Gasteiger partial charge on any atom is 0.321 e. The molecular formula is C21H20N4O3. The zero-order valence-electron chi connectivity index (χ0n) is 15.2. The quantitative estimate of drug-likeness (QED) is 0.671. The number of nitrogens with zero attached hydrogens (tertiary/aromatic N) is 1. The molecule has 0 saturated heterocycles. The summed E-state index contributed by atoms with van der Waals surface area (Å²) in [5.41, 5.74) is 2.64. The lowest BCUT2D eigenvalue weighted by Gasteiger charge is -2.11. The number of benzene rings is 2. The van der Waals surface area contributed by atoms with Gasteiger partial charge in [-0.15, -0.1) is 0 Å². The van der Waals surface area contributed by atoms with Gasteiger partial charge in [-0.3, -0.25) is 14.9 Å². The van der Waals surface area contributed by atoms with Crippen LogP contribution in [0.25, 0.3) is 11.1 Å². The standard InChI is InChI=1S/C21H20N4O3/c22-13-14-5-7-15(8-6-14)17-3-1-2-4-18(17)20(27)23-11-12-24-21(28)25-19(26)16-9-10-16/h1-8,16H,9-12H2,(H,23,27)(H2,24,25,26,28). The third-order valence-electron chi connectivity index (χ3n) is 4.38. The van der Waals surface area contributed by atoms with Crippen LogP contribution in [-0.2, 0) is 4.79 Å². The zero-order chi connectivity index (χ0) is 19.9. The van der Waals surface area contributed by atoms with Crippen LogP contribution >= 0.6 is 0 Å². The first kappa shape index (κ1) is 19.1. The van der Waals surface area contributed by atoms with Crippen LogP contribution in [0.4, 0.5) is 4.79 Å². The minimum absolute atomic E-state index is 0.0378. The molecule has 7 nitrogen and oxygen atoms in total. The van der Waals surface area contributed by atoms with E-state index in [0.717, 1.165) is 24.0 Å². The average molecular weight is 376 g/mol. The number of hydrogen-bond acceptors (Lipinski definition) is 4. The van der Waals surface area contributed by atoms with Gasteiger partial charge in [0.25, 0.3) is 5.91 Å². The Labute approximate surface area is 162 Å². The van der Waals surface area contributed by atoms with E-state index in [1.165, 1.54) is 0 Å². The summed E-state index contributed by atoms with van der Waals surface area (Å²) in [6, 6.07) is 15.7. The summed E-state index contributed by atoms with van der Waals surface area (Å²) < 4.78 is 0. The first-order valence-corrected chi connectivity index (χ1v) is 9.05. The van der Waals surface area contributed by atoms with Crippen LogP contribution in [0, 0.1) is 17.2 Å². The van der Waals surface area contributed by atoms with Gasteiger partial charge in [0, 0.05) is 24.6 Å². The Morgan fingerprint density at radius 3 is 2.32 bits per heavy atom. The smallest absolute Gasteiger partial charge is 0.321 e. The third-order valence-corrected chi connectivity index (χ3v) is 4.38. The first-order chi connectivity index (χ1) is 13.6. The van der Waals surface area contributed by atoms with Gasteiger partial charge in [0.2, 0.25) is 5.91 Å². The molecule has 0 atom stereocenters. The average Bonchev–Trinajstić information content (AvgIpc) is 3.56. The predicted octanol–water partition coefficient (Wildman–Crippen LogP) is 2.19. The van der Waals surface area contributed by atoms with Crippen molar-refractivity contribution in [2.24, 2.45) is 5.92 Å². The van der Waals surface area contributed by atoms with E-state index in [9.17, 15) is 14.4 Å². The number of urea groups is 1. The van der Waals surface area contributed by atoms with Gasteiger partial charge in [-0.1, -0.05) is 30.3 Å². The molecule has 4 amide bonds. The number of nitriles is 1. The highest BCUT2D eigenvalue weighted by atomic mass is 16.2. The number of amides is 4. The molecule has 2 aromatic carbocycles. The molecule has 3 rings (SSSR count). The lowest BCUT2D eigenvalue weighted by molar-refractivity contribution is -0.121. The summed E-state index contributed by atoms with van der Waals surface area (Å²) in [4.78, 5) is 35.6. The Hall–Kier alpha value is -3.66. The Morgan fingerprint density at radius 1 is 0.964 bits per heavy atom. The number of nitrogens with one attached hydrogen (secondary N) is 3. The number of carbonyl (C=O) groups is 3. The number of rotatable bonds is 6. The van der Waals surface area contributed by atoms with Crippen LogP contribution in [0.3, 0.4) is 0 Å². The van der Waals surface area contributed by atoms with Crippen molar-refractivity contribution in [2.75, 3.05) is 13.1 Å². The Bertz CT molecular complexity index is 927. The van der Waals surface area contributed by atoms with Gasteiger partial charge < -0.3 is 10.6 Å². The van der Waals surface area contributed by atoms with E-state index in [-0.39, 0.29) is 30.8 Å². The summed E-state index contributed by atoms with van der Waals surface area (Å²) in [6.07, 6.45) is 1.65. The second-order valence-electron chi connectivity index (χ2n) is 6.51. The second-order valence-corrected chi connectivity index (χ2v) is 6.51. The highest BCUT2D eigenvalue weighted by Gasteiger charge is 2.30. The summed E-state index contributed by atoms with van der Waals surface area (Å²) in [5, 5.41) is 16.5. The highest BCUT2D eigenvalue weighted by molar-refractivity contribution is 6.01. The maximum absolute atomic E-state index is 12.5. The largest absolute Gasteiger partial charge is 0.350 e. The second kappa shape index (κ2) is 8.82. The molecule has 0 aromatic heterocycles. The fraction of sp³-hybridized carbons (Fsp3) is 0.238. The topological polar surface area (TPSA) is 111 Å². The van der Waals surface area contributed by atoms with Gasteiger partial charge in [-0.2, -0.15) is 5.26 Å². The minimum Gasteiger partial charge on any atom is -0.350 e. The van der Waals surface area contributed by atoms with Crippen molar-refractivity contribution < 1.29 is 14.4 Å². The maximum atomic E-state index is 12.5. The van der Waals surface area contributed by atoms with Crippen LogP contribution in [0.5, 0.6) is 0 Å². The predicted molar refractivity (Wildman–Crippen MR) is 103 cm³/mol. The summed E-state index contributed by atoms with van der Waals surface area (Å²) in [6.45, 7) is 0.431. The van der Waals surface area contributed by atoms with Crippen molar-refractivity contribution in [3.8, 4) is 17.2 Å². The molecule has 142 valence electrons. The zero-order valence-corrected chi connectivity index (χ0v) is 15.2. The van der Waals surface area contributed by atoms with Crippen molar-refractivity contribution in [1.82, 2.24) is 16.0 Å². The molecule has 0 bridgehead atoms. The summed E-state index contributed by atoms with van der Waals surface area (Å²) in [7, 11) is 0. The van der Waals surface area contributed by atoms with Crippen molar-refractivity contribution in [3.05, 3.63) is 59.7 Å². The summed E-state index contributed by atoms with van der Waals surface area (Å²) >= 11 is 0. The van der Waals surface area contributed by atoms with E-state index in [4.69, 9.17) is 5.26 Å². The van der Waals surface area contributed by atoms with Gasteiger partial charge in [0.1, 0.15) is 0 Å². The molecular weight excluding hydrogens is 356 g/mol. The number of imide groups is 1. The normalized spacial score (nSPS) is 12.5. The van der Waals surface area contributed by atoms with E-state index in [2.05, 4.69) is 22.0 Å². The minimum atomic E-state index is -0.552. The third kappa shape index (κ3) is 4.95. The van der Waals surface area contributed by atoms with Crippen molar-refractivity contribution in [1.29, 1.82) is 5.26 Å². The molecule has 0 unspecified atom stereocenters. The van der Waals surface area contributed by atoms with E-state index >= 15 is 0 Å². The van der Waals surface area contributed by atoms with Gasteiger partial charge in [-0.05, 0) is 42.2 Å². The molecule has 0 spiro atoms. The Kier molecular flexibility index (Phi) is 6.02. The van der Waals surface area contributed by atoms with Gasteiger partial charge in [-0.25, -0.2) is 4.79 Å². The fourth-order valence-corrected chi connectivity index (χ4v) is 2.71. The molecule has 1 aliphatic carbocycles. The lowest BCUT2D eigenvalue weighted by atomic mass is 9.98. The van der Waals surface area contributed by atoms with Gasteiger partial charge in [0.05, 0.1) is 11.6 Å². The van der Waals surface area contributed by atoms with Crippen LogP contribution in [0.15, 0.2) is 48.5 Å². The first-order valence-electron chi connectivity index (χ1n) is 9.05. The molecule has 3 N–H and O–H groups in total. The van der Waals surface area contributed by atoms with E-state index in [0.29, 0.717) is 11.1 Å². The Balaban J connectivity index is 1.53. The molecule has 1 saturated carbocycles. The molecule has 0 radical (unpaired) electrons. The van der Waals surface area contributed by atoms with Gasteiger partial charge >= 0.3 is 6.03 Å². The van der Waals surface area contributed by atoms with Crippen molar-refractivity contribution in [3.63, 3.8) is 0 Å². The lowest BCUT2D eigenvalue weighted by Crippen LogP contribution is -2.43. The van der Waals surface area contributed by atoms with Crippen LogP contribution < -0.4 is 16.0 Å². The van der Waals surface area contributed by atoms with Crippen LogP contribution in [0.2, 0.25) is 0 Å². The van der Waals surface area contributed by atoms with Crippen LogP contribution in [0.1, 0.15) is 28.8 Å². The van der Waals surface area contributed by atoms with Crippen LogP contribution in [-0.4, -0.2) is 30.9 Å². The number of hydrogen-bond donors (Lipinski definition) is 3. The molecule has 2 aromatic rings. The van der Waals surface area contributed by atoms with Gasteiger partial charge in [0.15, 0.2) is 0 Å². The summed E-state index contributed by atoms with van der Waals surface area (Å²) in [5.74, 6) is -0.557. The fourth-order valence-electron chi connectivity index (χ4n) is 2.71. The highest BCUT2D eigenvalue weighted by Crippen LogP contribution is 2.28. The van der Waals surface area contributed by atoms with E-state index in [1.54, 1.807) is 36.4 Å². The van der Waals surface area contributed by atoms with Crippen molar-refractivity contribution in [2.45, 2.75) is 12.8 Å². The molecule has 1 fully saturated rings. The molecule has 0 heterocycles. The molecule has 28 heavy (non-hydrogen) atoms. The monoisotopic (exact) mass is 376 g/mol. The molecule has 0 aliphatic heterocycles.